The van der Waals surface area contributed by atoms with E-state index < -0.39 is 16.5 Å². The van der Waals surface area contributed by atoms with Crippen molar-refractivity contribution in [3.8, 4) is 5.75 Å². The predicted molar refractivity (Wildman–Crippen MR) is 90.4 cm³/mol. The Hall–Kier alpha value is -3.42. The lowest BCUT2D eigenvalue weighted by atomic mass is 9.84. The molecule has 8 heteroatoms. The largest absolute Gasteiger partial charge is 0.493 e. The van der Waals surface area contributed by atoms with Gasteiger partial charge < -0.3 is 10.1 Å². The molecule has 0 aromatic heterocycles. The maximum absolute atomic E-state index is 13.1. The fourth-order valence-corrected chi connectivity index (χ4v) is 3.42. The molecule has 2 aliphatic rings. The maximum Gasteiger partial charge on any atom is 0.325 e. The molecule has 2 aromatic carbocycles. The zero-order valence-corrected chi connectivity index (χ0v) is 13.7. The second kappa shape index (κ2) is 5.83. The summed E-state index contributed by atoms with van der Waals surface area (Å²) in [4.78, 5) is 37.0. The van der Waals surface area contributed by atoms with Crippen LogP contribution >= 0.6 is 0 Å². The van der Waals surface area contributed by atoms with Crippen LogP contribution in [0.15, 0.2) is 48.5 Å². The van der Waals surface area contributed by atoms with Crippen LogP contribution in [-0.4, -0.2) is 28.4 Å². The average Bonchev–Trinajstić information content (AvgIpc) is 2.87. The molecule has 0 radical (unpaired) electrons. The molecule has 2 aromatic rings. The van der Waals surface area contributed by atoms with Gasteiger partial charge in [-0.05, 0) is 11.6 Å². The second-order valence-electron chi connectivity index (χ2n) is 6.24. The fourth-order valence-electron chi connectivity index (χ4n) is 3.42. The van der Waals surface area contributed by atoms with Crippen molar-refractivity contribution in [1.82, 2.24) is 10.2 Å². The molecule has 1 N–H and O–H groups in total. The summed E-state index contributed by atoms with van der Waals surface area (Å²) in [5.41, 5.74) is 0.125. The zero-order valence-electron chi connectivity index (χ0n) is 13.7. The van der Waals surface area contributed by atoms with E-state index in [1.54, 1.807) is 30.3 Å². The third-order valence-corrected chi connectivity index (χ3v) is 4.75. The van der Waals surface area contributed by atoms with Gasteiger partial charge in [0.25, 0.3) is 11.6 Å². The number of benzene rings is 2. The lowest BCUT2D eigenvalue weighted by Crippen LogP contribution is -2.47. The summed E-state index contributed by atoms with van der Waals surface area (Å²) in [6, 6.07) is 12.5. The van der Waals surface area contributed by atoms with Gasteiger partial charge in [-0.15, -0.1) is 0 Å². The van der Waals surface area contributed by atoms with Crippen LogP contribution in [0.2, 0.25) is 0 Å². The number of ether oxygens (including phenoxy) is 1. The summed E-state index contributed by atoms with van der Waals surface area (Å²) < 4.78 is 5.60. The first-order chi connectivity index (χ1) is 12.5. The lowest BCUT2D eigenvalue weighted by Gasteiger charge is -2.33. The van der Waals surface area contributed by atoms with Gasteiger partial charge in [-0.1, -0.05) is 30.3 Å². The number of rotatable bonds is 3. The predicted octanol–water partition coefficient (Wildman–Crippen LogP) is 2.32. The molecule has 3 amide bonds. The standard InChI is InChI=1S/C18H15N3O5/c22-16-18(9-10-26-15-4-2-1-3-14(15)18)19-17(23)20(16)11-12-5-7-13(8-6-12)21(24)25/h1-8H,9-11H2,(H,19,23)/t18-/m1/s1. The molecule has 1 fully saturated rings. The molecule has 1 spiro atoms. The highest BCUT2D eigenvalue weighted by Crippen LogP contribution is 2.41. The van der Waals surface area contributed by atoms with Crippen LogP contribution in [0.3, 0.4) is 0 Å². The first kappa shape index (κ1) is 16.1. The maximum atomic E-state index is 13.1. The Morgan fingerprint density at radius 1 is 1.15 bits per heavy atom. The molecule has 2 heterocycles. The van der Waals surface area contributed by atoms with E-state index in [1.165, 1.54) is 12.1 Å². The van der Waals surface area contributed by atoms with E-state index in [-0.39, 0.29) is 18.1 Å². The smallest absolute Gasteiger partial charge is 0.325 e. The van der Waals surface area contributed by atoms with Gasteiger partial charge in [-0.3, -0.25) is 19.8 Å². The van der Waals surface area contributed by atoms with Gasteiger partial charge in [0.15, 0.2) is 5.54 Å². The van der Waals surface area contributed by atoms with Gasteiger partial charge in [0.05, 0.1) is 18.1 Å². The van der Waals surface area contributed by atoms with E-state index in [2.05, 4.69) is 5.32 Å². The number of nitro groups is 1. The Morgan fingerprint density at radius 2 is 1.88 bits per heavy atom. The van der Waals surface area contributed by atoms with Crippen LogP contribution in [0.25, 0.3) is 0 Å². The number of hydrogen-bond acceptors (Lipinski definition) is 5. The number of nitrogens with zero attached hydrogens (tertiary/aromatic N) is 2. The minimum atomic E-state index is -1.12. The summed E-state index contributed by atoms with van der Waals surface area (Å²) in [6.07, 6.45) is 0.353. The highest BCUT2D eigenvalue weighted by Gasteiger charge is 2.54. The number of imide groups is 1. The Labute approximate surface area is 148 Å². The topological polar surface area (TPSA) is 102 Å². The van der Waals surface area contributed by atoms with Gasteiger partial charge in [0, 0.05) is 24.1 Å². The van der Waals surface area contributed by atoms with Gasteiger partial charge >= 0.3 is 6.03 Å². The van der Waals surface area contributed by atoms with Gasteiger partial charge in [-0.25, -0.2) is 4.79 Å². The first-order valence-electron chi connectivity index (χ1n) is 8.11. The van der Waals surface area contributed by atoms with Crippen LogP contribution in [-0.2, 0) is 16.9 Å². The normalized spacial score (nSPS) is 21.3. The fraction of sp³-hybridized carbons (Fsp3) is 0.222. The number of hydrogen-bond donors (Lipinski definition) is 1. The van der Waals surface area contributed by atoms with Crippen LogP contribution in [0.4, 0.5) is 10.5 Å². The number of amides is 3. The number of carbonyl (C=O) groups is 2. The molecule has 0 saturated carbocycles. The van der Waals surface area contributed by atoms with Crippen molar-refractivity contribution in [3.05, 3.63) is 69.8 Å². The summed E-state index contributed by atoms with van der Waals surface area (Å²) in [5.74, 6) is 0.251. The van der Waals surface area contributed by atoms with Crippen LogP contribution in [0.5, 0.6) is 5.75 Å². The average molecular weight is 353 g/mol. The molecule has 132 valence electrons. The van der Waals surface area contributed by atoms with Gasteiger partial charge in [0.2, 0.25) is 0 Å². The highest BCUT2D eigenvalue weighted by molar-refractivity contribution is 6.07. The second-order valence-corrected chi connectivity index (χ2v) is 6.24. The van der Waals surface area contributed by atoms with Crippen LogP contribution < -0.4 is 10.1 Å². The minimum Gasteiger partial charge on any atom is -0.493 e. The first-order valence-corrected chi connectivity index (χ1v) is 8.11. The molecule has 26 heavy (non-hydrogen) atoms. The molecule has 1 saturated heterocycles. The number of carbonyl (C=O) groups excluding carboxylic acids is 2. The summed E-state index contributed by atoms with van der Waals surface area (Å²) in [6.45, 7) is 0.377. The molecule has 1 atom stereocenters. The number of urea groups is 1. The van der Waals surface area contributed by atoms with E-state index in [1.807, 2.05) is 6.07 Å². The van der Waals surface area contributed by atoms with Crippen LogP contribution in [0, 0.1) is 10.1 Å². The summed E-state index contributed by atoms with van der Waals surface area (Å²) >= 11 is 0. The summed E-state index contributed by atoms with van der Waals surface area (Å²) in [5, 5.41) is 13.6. The molecular weight excluding hydrogens is 338 g/mol. The van der Waals surface area contributed by atoms with Crippen molar-refractivity contribution in [3.63, 3.8) is 0 Å². The zero-order chi connectivity index (χ0) is 18.3. The van der Waals surface area contributed by atoms with Crippen molar-refractivity contribution in [2.75, 3.05) is 6.61 Å². The van der Waals surface area contributed by atoms with E-state index >= 15 is 0 Å². The lowest BCUT2D eigenvalue weighted by molar-refractivity contribution is -0.384. The number of para-hydroxylation sites is 1. The summed E-state index contributed by atoms with van der Waals surface area (Å²) in [7, 11) is 0. The van der Waals surface area contributed by atoms with E-state index in [9.17, 15) is 19.7 Å². The molecule has 2 aliphatic heterocycles. The molecule has 0 unspecified atom stereocenters. The number of non-ortho nitro benzene ring substituents is 1. The van der Waals surface area contributed by atoms with E-state index in [0.717, 1.165) is 4.90 Å². The Morgan fingerprint density at radius 3 is 2.62 bits per heavy atom. The number of nitrogens with one attached hydrogen (secondary N) is 1. The molecule has 0 aliphatic carbocycles. The molecular formula is C18H15N3O5. The van der Waals surface area contributed by atoms with Crippen LogP contribution in [0.1, 0.15) is 17.5 Å². The third kappa shape index (κ3) is 2.38. The van der Waals surface area contributed by atoms with Gasteiger partial charge in [-0.2, -0.15) is 0 Å². The Kier molecular flexibility index (Phi) is 3.61. The van der Waals surface area contributed by atoms with E-state index in [4.69, 9.17) is 4.74 Å². The van der Waals surface area contributed by atoms with Crippen molar-refractivity contribution in [1.29, 1.82) is 0 Å². The minimum absolute atomic E-state index is 0.0409. The Bertz CT molecular complexity index is 911. The highest BCUT2D eigenvalue weighted by atomic mass is 16.6. The van der Waals surface area contributed by atoms with Crippen molar-refractivity contribution >= 4 is 17.6 Å². The van der Waals surface area contributed by atoms with E-state index in [0.29, 0.717) is 29.9 Å². The quantitative estimate of drug-likeness (QED) is 0.518. The Balaban J connectivity index is 1.63. The van der Waals surface area contributed by atoms with Gasteiger partial charge in [0.1, 0.15) is 5.75 Å². The molecule has 8 nitrogen and oxygen atoms in total. The van der Waals surface area contributed by atoms with Crippen molar-refractivity contribution in [2.45, 2.75) is 18.5 Å². The number of nitro benzene ring substituents is 1. The monoisotopic (exact) mass is 353 g/mol. The molecule has 4 rings (SSSR count). The number of fused-ring (bicyclic) bond motifs is 2. The van der Waals surface area contributed by atoms with Crippen molar-refractivity contribution in [2.24, 2.45) is 0 Å². The van der Waals surface area contributed by atoms with Crippen molar-refractivity contribution < 1.29 is 19.2 Å². The third-order valence-electron chi connectivity index (χ3n) is 4.75. The SMILES string of the molecule is O=C1N[C@@]2(CCOc3ccccc32)C(=O)N1Cc1ccc([N+](=O)[O-])cc1. The molecule has 0 bridgehead atoms.